The van der Waals surface area contributed by atoms with E-state index in [4.69, 9.17) is 9.90 Å². The van der Waals surface area contributed by atoms with Gasteiger partial charge in [0.1, 0.15) is 0 Å². The molecule has 1 aromatic carbocycles. The average Bonchev–Trinajstić information content (AvgIpc) is 3.40. The minimum atomic E-state index is -5.08. The maximum Gasteiger partial charge on any atom is 0.490 e. The minimum Gasteiger partial charge on any atom is -0.478 e. The highest BCUT2D eigenvalue weighted by molar-refractivity contribution is 7.12. The number of anilines is 2. The van der Waals surface area contributed by atoms with Gasteiger partial charge in [-0.1, -0.05) is 12.5 Å². The van der Waals surface area contributed by atoms with Crippen molar-refractivity contribution in [1.82, 2.24) is 4.90 Å². The number of nitrogens with zero attached hydrogens (tertiary/aromatic N) is 2. The normalized spacial score (nSPS) is 17.1. The van der Waals surface area contributed by atoms with Crippen LogP contribution in [0.5, 0.6) is 0 Å². The first-order chi connectivity index (χ1) is 17.1. The highest BCUT2D eigenvalue weighted by atomic mass is 32.1. The number of alkyl halides is 3. The number of halogens is 3. The molecule has 2 aliphatic rings. The van der Waals surface area contributed by atoms with E-state index in [9.17, 15) is 27.9 Å². The van der Waals surface area contributed by atoms with Gasteiger partial charge in [0.25, 0.3) is 5.91 Å². The van der Waals surface area contributed by atoms with E-state index in [1.807, 2.05) is 17.5 Å². The monoisotopic (exact) mass is 527 g/mol. The van der Waals surface area contributed by atoms with Crippen LogP contribution in [0.1, 0.15) is 52.1 Å². The molecule has 12 heteroatoms. The van der Waals surface area contributed by atoms with Gasteiger partial charge in [-0.2, -0.15) is 13.2 Å². The quantitative estimate of drug-likeness (QED) is 0.513. The van der Waals surface area contributed by atoms with Crippen molar-refractivity contribution in [2.45, 2.75) is 44.3 Å². The first kappa shape index (κ1) is 27.5. The van der Waals surface area contributed by atoms with Crippen LogP contribution in [0.4, 0.5) is 24.5 Å². The lowest BCUT2D eigenvalue weighted by atomic mass is 9.98. The van der Waals surface area contributed by atoms with Gasteiger partial charge < -0.3 is 25.3 Å². The van der Waals surface area contributed by atoms with E-state index >= 15 is 0 Å². The average molecular weight is 528 g/mol. The largest absolute Gasteiger partial charge is 0.490 e. The summed E-state index contributed by atoms with van der Waals surface area (Å²) in [6.45, 7) is 4.12. The van der Waals surface area contributed by atoms with E-state index < -0.39 is 18.1 Å². The minimum absolute atomic E-state index is 0.216. The first-order valence-corrected chi connectivity index (χ1v) is 12.5. The molecule has 2 saturated heterocycles. The molecule has 36 heavy (non-hydrogen) atoms. The van der Waals surface area contributed by atoms with Crippen molar-refractivity contribution in [3.63, 3.8) is 0 Å². The molecular weight excluding hydrogens is 499 g/mol. The summed E-state index contributed by atoms with van der Waals surface area (Å²) >= 11 is 1.36. The highest BCUT2D eigenvalue weighted by Crippen LogP contribution is 2.29. The van der Waals surface area contributed by atoms with E-state index in [0.717, 1.165) is 31.6 Å². The van der Waals surface area contributed by atoms with E-state index in [1.165, 1.54) is 43.7 Å². The van der Waals surface area contributed by atoms with Crippen LogP contribution in [-0.4, -0.2) is 71.4 Å². The Bertz CT molecular complexity index is 1050. The molecule has 1 aromatic heterocycles. The second kappa shape index (κ2) is 12.2. The van der Waals surface area contributed by atoms with Crippen LogP contribution in [0.3, 0.4) is 0 Å². The summed E-state index contributed by atoms with van der Waals surface area (Å²) in [4.78, 5) is 38.5. The van der Waals surface area contributed by atoms with Crippen LogP contribution in [0.25, 0.3) is 0 Å². The zero-order valence-corrected chi connectivity index (χ0v) is 20.3. The Balaban J connectivity index is 0.000000454. The molecule has 0 unspecified atom stereocenters. The molecule has 2 aromatic rings. The van der Waals surface area contributed by atoms with Gasteiger partial charge in [0.05, 0.1) is 16.1 Å². The van der Waals surface area contributed by atoms with Gasteiger partial charge in [0, 0.05) is 24.8 Å². The van der Waals surface area contributed by atoms with Crippen LogP contribution in [0.2, 0.25) is 0 Å². The molecule has 3 heterocycles. The maximum absolute atomic E-state index is 12.3. The number of aliphatic carboxylic acids is 1. The third kappa shape index (κ3) is 7.44. The number of hydrogen-bond acceptors (Lipinski definition) is 6. The molecule has 0 aliphatic carbocycles. The first-order valence-electron chi connectivity index (χ1n) is 11.6. The van der Waals surface area contributed by atoms with Crippen molar-refractivity contribution >= 4 is 40.6 Å². The predicted molar refractivity (Wildman–Crippen MR) is 130 cm³/mol. The lowest BCUT2D eigenvalue weighted by molar-refractivity contribution is -0.192. The molecule has 8 nitrogen and oxygen atoms in total. The van der Waals surface area contributed by atoms with Gasteiger partial charge in [0.15, 0.2) is 0 Å². The van der Waals surface area contributed by atoms with E-state index in [2.05, 4.69) is 15.1 Å². The second-order valence-corrected chi connectivity index (χ2v) is 9.53. The Morgan fingerprint density at radius 2 is 1.61 bits per heavy atom. The number of thiophene rings is 1. The fourth-order valence-corrected chi connectivity index (χ4v) is 5.04. The van der Waals surface area contributed by atoms with Crippen LogP contribution < -0.4 is 10.2 Å². The van der Waals surface area contributed by atoms with Crippen LogP contribution in [-0.2, 0) is 4.79 Å². The molecule has 0 radical (unpaired) electrons. The molecule has 3 N–H and O–H groups in total. The number of carbonyl (C=O) groups excluding carboxylic acids is 1. The summed E-state index contributed by atoms with van der Waals surface area (Å²) in [6.07, 6.45) is 0.975. The summed E-state index contributed by atoms with van der Waals surface area (Å²) in [5.41, 5.74) is 1.49. The maximum atomic E-state index is 12.3. The Kier molecular flexibility index (Phi) is 9.32. The third-order valence-electron chi connectivity index (χ3n) is 6.18. The fourth-order valence-electron chi connectivity index (χ4n) is 4.42. The molecule has 1 amide bonds. The number of carbonyl (C=O) groups is 3. The van der Waals surface area contributed by atoms with E-state index in [1.54, 1.807) is 18.2 Å². The van der Waals surface area contributed by atoms with Crippen molar-refractivity contribution in [3.05, 3.63) is 46.2 Å². The zero-order chi connectivity index (χ0) is 26.3. The van der Waals surface area contributed by atoms with Crippen LogP contribution in [0, 0.1) is 0 Å². The number of amides is 1. The summed E-state index contributed by atoms with van der Waals surface area (Å²) in [5.74, 6) is -3.94. The summed E-state index contributed by atoms with van der Waals surface area (Å²) < 4.78 is 31.7. The lowest BCUT2D eigenvalue weighted by Gasteiger charge is -2.41. The van der Waals surface area contributed by atoms with Crippen molar-refractivity contribution in [1.29, 1.82) is 0 Å². The SMILES string of the molecule is O=C(Nc1ccc(N2CCC(N3CCCCC3)CC2)c(C(=O)O)c1)c1cccs1.O=C(O)C(F)(F)F. The van der Waals surface area contributed by atoms with E-state index in [-0.39, 0.29) is 11.5 Å². The van der Waals surface area contributed by atoms with Crippen molar-refractivity contribution in [3.8, 4) is 0 Å². The summed E-state index contributed by atoms with van der Waals surface area (Å²) in [7, 11) is 0. The number of aromatic carboxylic acids is 1. The number of carboxylic acids is 2. The number of hydrogen-bond donors (Lipinski definition) is 3. The van der Waals surface area contributed by atoms with Crippen LogP contribution in [0.15, 0.2) is 35.7 Å². The third-order valence-corrected chi connectivity index (χ3v) is 7.05. The summed E-state index contributed by atoms with van der Waals surface area (Å²) in [6, 6.07) is 9.38. The molecule has 0 bridgehead atoms. The topological polar surface area (TPSA) is 110 Å². The Morgan fingerprint density at radius 1 is 0.972 bits per heavy atom. The smallest absolute Gasteiger partial charge is 0.478 e. The molecular formula is C24H28F3N3O5S. The number of benzene rings is 1. The molecule has 2 fully saturated rings. The van der Waals surface area contributed by atoms with Gasteiger partial charge in [-0.05, 0) is 68.4 Å². The lowest BCUT2D eigenvalue weighted by Crippen LogP contribution is -2.47. The molecule has 0 saturated carbocycles. The Morgan fingerprint density at radius 3 is 2.14 bits per heavy atom. The number of carboxylic acid groups (broad SMARTS) is 2. The molecule has 196 valence electrons. The second-order valence-electron chi connectivity index (χ2n) is 8.59. The van der Waals surface area contributed by atoms with Gasteiger partial charge in [-0.15, -0.1) is 11.3 Å². The van der Waals surface area contributed by atoms with Gasteiger partial charge >= 0.3 is 18.1 Å². The molecule has 0 spiro atoms. The van der Waals surface area contributed by atoms with E-state index in [0.29, 0.717) is 16.6 Å². The number of likely N-dealkylation sites (tertiary alicyclic amines) is 1. The molecule has 2 aliphatic heterocycles. The highest BCUT2D eigenvalue weighted by Gasteiger charge is 2.38. The molecule has 0 atom stereocenters. The van der Waals surface area contributed by atoms with Gasteiger partial charge in [-0.25, -0.2) is 9.59 Å². The summed E-state index contributed by atoms with van der Waals surface area (Å²) in [5, 5.41) is 21.5. The van der Waals surface area contributed by atoms with Gasteiger partial charge in [-0.3, -0.25) is 4.79 Å². The van der Waals surface area contributed by atoms with Gasteiger partial charge in [0.2, 0.25) is 0 Å². The molecule has 4 rings (SSSR count). The number of piperidine rings is 2. The number of nitrogens with one attached hydrogen (secondary N) is 1. The van der Waals surface area contributed by atoms with Crippen molar-refractivity contribution < 1.29 is 37.8 Å². The fraction of sp³-hybridized carbons (Fsp3) is 0.458. The Hall–Kier alpha value is -3.12. The zero-order valence-electron chi connectivity index (χ0n) is 19.5. The standard InChI is InChI=1S/C22H27N3O3S.C2HF3O2/c26-21(20-5-4-14-29-20)23-16-6-7-19(18(15-16)22(27)28)25-12-8-17(9-13-25)24-10-2-1-3-11-24;3-2(4,5)1(6)7/h4-7,14-15,17H,1-3,8-13H2,(H,23,26)(H,27,28);(H,6,7). The van der Waals surface area contributed by atoms with Crippen LogP contribution >= 0.6 is 11.3 Å². The van der Waals surface area contributed by atoms with Crippen molar-refractivity contribution in [2.24, 2.45) is 0 Å². The number of rotatable bonds is 5. The Labute approximate surface area is 210 Å². The predicted octanol–water partition coefficient (Wildman–Crippen LogP) is 4.79. The van der Waals surface area contributed by atoms with Crippen molar-refractivity contribution in [2.75, 3.05) is 36.4 Å².